The van der Waals surface area contributed by atoms with Gasteiger partial charge in [0.25, 0.3) is 0 Å². The van der Waals surface area contributed by atoms with Crippen LogP contribution in [-0.2, 0) is 76.0 Å². The summed E-state index contributed by atoms with van der Waals surface area (Å²) in [6, 6.07) is 1.43. The van der Waals surface area contributed by atoms with Gasteiger partial charge in [0.2, 0.25) is 18.9 Å². The number of aliphatic hydroxyl groups excluding tert-OH is 12. The summed E-state index contributed by atoms with van der Waals surface area (Å²) in [6.07, 6.45) is -20.6. The van der Waals surface area contributed by atoms with Crippen molar-refractivity contribution in [2.24, 2.45) is 47.3 Å². The van der Waals surface area contributed by atoms with Crippen LogP contribution in [0.3, 0.4) is 0 Å². The minimum Gasteiger partial charge on any atom is -0.472 e. The molecule has 0 unspecified atom stereocenters. The van der Waals surface area contributed by atoms with Crippen LogP contribution >= 0.6 is 0 Å². The number of aromatic nitrogens is 1. The zero-order valence-electron chi connectivity index (χ0n) is 46.9. The number of esters is 4. The lowest BCUT2D eigenvalue weighted by Gasteiger charge is -2.43. The van der Waals surface area contributed by atoms with Crippen LogP contribution in [0, 0.1) is 47.3 Å². The fraction of sp³-hybridized carbons (Fsp3) is 0.661. The second-order valence-corrected chi connectivity index (χ2v) is 22.4. The van der Waals surface area contributed by atoms with Crippen LogP contribution in [0.4, 0.5) is 0 Å². The third-order valence-electron chi connectivity index (χ3n) is 17.5. The smallest absolute Gasteiger partial charge is 0.340 e. The summed E-state index contributed by atoms with van der Waals surface area (Å²) in [5, 5.41) is 125. The molecule has 30 heteroatoms. The first-order valence-electron chi connectivity index (χ1n) is 27.9. The van der Waals surface area contributed by atoms with Crippen LogP contribution in [0.2, 0.25) is 0 Å². The second kappa shape index (κ2) is 27.4. The van der Waals surface area contributed by atoms with Gasteiger partial charge in [-0.15, -0.1) is 6.58 Å². The molecule has 5 fully saturated rings. The van der Waals surface area contributed by atoms with Crippen molar-refractivity contribution in [3.63, 3.8) is 0 Å². The molecule has 9 rings (SSSR count). The Morgan fingerprint density at radius 2 is 0.953 bits per heavy atom. The van der Waals surface area contributed by atoms with Crippen molar-refractivity contribution in [1.82, 2.24) is 4.98 Å². The van der Waals surface area contributed by atoms with Gasteiger partial charge in [-0.3, -0.25) is 4.98 Å². The van der Waals surface area contributed by atoms with E-state index in [2.05, 4.69) is 11.6 Å². The van der Waals surface area contributed by atoms with Gasteiger partial charge in [0, 0.05) is 53.8 Å². The van der Waals surface area contributed by atoms with E-state index in [-0.39, 0.29) is 40.7 Å². The van der Waals surface area contributed by atoms with Crippen LogP contribution in [0.1, 0.15) is 42.6 Å². The summed E-state index contributed by atoms with van der Waals surface area (Å²) in [4.78, 5) is 59.3. The van der Waals surface area contributed by atoms with Crippen molar-refractivity contribution in [2.75, 3.05) is 34.0 Å². The standard InChI is InChI=1S/C56H73NO29/c1-6-24-25(8-7-22-9-23(13-57-12-22)47(70)79-31-10-26-29(48(71)74-4)18-77-52(36(26)20(31)2)85-55-45(68)42(65)39(62)34(15-59)82-55)28(17-76-51(24)84-54-44(67)41(64)38(61)33(14-58)81-54)50(73)80-32-11-27-30(49(72)75-5)19-78-53(37(27)21(32)3)86-56-46(69)43(66)40(63)35(16-60)83-56/h6-9,12-13,17-21,24-27,31-46,51-56,58-69H,1,10-11,14-16H2,2-5H3/b8-7+/t20-,21-,24+,25-,26+,27+,31-,32-,33+,34+,35+,36+,37+,38+,39+,40+,41-,42-,43-,44+,45+,46+,51-,52-,53-,54-,55-,56-/m0/s1. The highest BCUT2D eigenvalue weighted by Gasteiger charge is 2.58. The molecule has 2 aliphatic carbocycles. The monoisotopic (exact) mass is 1220 g/mol. The Hall–Kier alpha value is -5.59. The van der Waals surface area contributed by atoms with Gasteiger partial charge in [0.15, 0.2) is 18.9 Å². The van der Waals surface area contributed by atoms with Crippen LogP contribution in [0.5, 0.6) is 0 Å². The minimum atomic E-state index is -1.86. The number of hydrogen-bond donors (Lipinski definition) is 12. The van der Waals surface area contributed by atoms with E-state index in [0.717, 1.165) is 25.9 Å². The first-order valence-corrected chi connectivity index (χ1v) is 27.9. The molecule has 7 heterocycles. The molecule has 3 saturated heterocycles. The Balaban J connectivity index is 0.954. The SMILES string of the molecule is C=C[C@H]1[C@H](O[C@@H]2O[C@H](CO)[C@@H](O)[C@H](O)[C@H]2O)OC=C(C(=O)O[C@H]2C[C@@H]3C(C(=O)OC)=CO[C@@H](O[C@@H]4O[C@H](CO)[C@@H](O)[C@H](O)[C@H]4O)[C@@H]3[C@H]2C)[C@H]1/C=C/c1cncc(C(=O)O[C@H]2C[C@@H]3C(C(=O)OC)=CO[C@@H](O[C@@H]4O[C@H](CO)[C@@H](O)[C@H](O)[C@H]4O)[C@@H]3[C@H]2C)c1. The summed E-state index contributed by atoms with van der Waals surface area (Å²) in [6.45, 7) is 5.10. The van der Waals surface area contributed by atoms with Gasteiger partial charge in [-0.25, -0.2) is 19.2 Å². The van der Waals surface area contributed by atoms with E-state index in [9.17, 15) is 80.5 Å². The first kappa shape index (κ1) is 64.9. The zero-order chi connectivity index (χ0) is 62.2. The third kappa shape index (κ3) is 12.7. The van der Waals surface area contributed by atoms with Crippen molar-refractivity contribution in [1.29, 1.82) is 0 Å². The average Bonchev–Trinajstić information content (AvgIpc) is 1.68. The maximum absolute atomic E-state index is 14.7. The van der Waals surface area contributed by atoms with Crippen molar-refractivity contribution in [3.05, 3.63) is 83.8 Å². The van der Waals surface area contributed by atoms with Crippen LogP contribution < -0.4 is 0 Å². The lowest BCUT2D eigenvalue weighted by molar-refractivity contribution is -0.342. The number of rotatable bonds is 18. The predicted molar refractivity (Wildman–Crippen MR) is 279 cm³/mol. The van der Waals surface area contributed by atoms with Crippen molar-refractivity contribution >= 4 is 30.0 Å². The maximum Gasteiger partial charge on any atom is 0.340 e. The molecule has 476 valence electrons. The number of fused-ring (bicyclic) bond motifs is 2. The predicted octanol–water partition coefficient (Wildman–Crippen LogP) is -3.99. The molecule has 0 radical (unpaired) electrons. The number of carbonyl (C=O) groups is 4. The number of methoxy groups -OCH3 is 2. The van der Waals surface area contributed by atoms with Gasteiger partial charge in [-0.2, -0.15) is 0 Å². The molecule has 30 nitrogen and oxygen atoms in total. The number of allylic oxidation sites excluding steroid dienone is 1. The van der Waals surface area contributed by atoms with E-state index in [0.29, 0.717) is 0 Å². The van der Waals surface area contributed by atoms with Crippen LogP contribution in [0.25, 0.3) is 6.08 Å². The molecule has 8 aliphatic rings. The lowest BCUT2D eigenvalue weighted by atomic mass is 9.83. The summed E-state index contributed by atoms with van der Waals surface area (Å²) in [7, 11) is 2.33. The van der Waals surface area contributed by atoms with Gasteiger partial charge in [0.1, 0.15) is 85.5 Å². The number of ether oxygens (including phenoxy) is 13. The van der Waals surface area contributed by atoms with E-state index in [1.807, 2.05) is 0 Å². The highest BCUT2D eigenvalue weighted by atomic mass is 16.8. The van der Waals surface area contributed by atoms with Crippen molar-refractivity contribution in [3.8, 4) is 0 Å². The van der Waals surface area contributed by atoms with Gasteiger partial charge in [0.05, 0.1) is 81.0 Å². The van der Waals surface area contributed by atoms with Gasteiger partial charge in [-0.1, -0.05) is 32.1 Å². The topological polar surface area (TPSA) is 444 Å². The molecular formula is C56H73NO29. The van der Waals surface area contributed by atoms with E-state index < -0.39 is 214 Å². The number of pyridine rings is 1. The lowest BCUT2D eigenvalue weighted by Crippen LogP contribution is -2.60. The zero-order valence-corrected chi connectivity index (χ0v) is 46.9. The highest BCUT2D eigenvalue weighted by Crippen LogP contribution is 2.51. The van der Waals surface area contributed by atoms with E-state index in [1.54, 1.807) is 13.8 Å². The fourth-order valence-corrected chi connectivity index (χ4v) is 12.5. The third-order valence-corrected chi connectivity index (χ3v) is 17.5. The van der Waals surface area contributed by atoms with Gasteiger partial charge in [-0.05, 0) is 24.5 Å². The molecule has 0 aromatic carbocycles. The van der Waals surface area contributed by atoms with Crippen molar-refractivity contribution in [2.45, 2.75) is 150 Å². The Labute approximate surface area is 490 Å². The van der Waals surface area contributed by atoms with Crippen LogP contribution in [0.15, 0.2) is 72.7 Å². The van der Waals surface area contributed by atoms with E-state index >= 15 is 0 Å². The molecule has 0 amide bonds. The largest absolute Gasteiger partial charge is 0.472 e. The number of hydrogen-bond acceptors (Lipinski definition) is 30. The number of aliphatic hydroxyl groups is 12. The van der Waals surface area contributed by atoms with Gasteiger partial charge >= 0.3 is 23.9 Å². The quantitative estimate of drug-likeness (QED) is 0.0379. The molecule has 1 aromatic heterocycles. The Kier molecular flexibility index (Phi) is 20.7. The number of carbonyl (C=O) groups excluding carboxylic acids is 4. The van der Waals surface area contributed by atoms with E-state index in [4.69, 9.17) is 61.6 Å². The second-order valence-electron chi connectivity index (χ2n) is 22.4. The molecule has 2 saturated carbocycles. The molecule has 0 bridgehead atoms. The van der Waals surface area contributed by atoms with E-state index in [1.165, 1.54) is 43.8 Å². The summed E-state index contributed by atoms with van der Waals surface area (Å²) < 4.78 is 74.8. The molecular weight excluding hydrogens is 1150 g/mol. The normalized spacial score (nSPS) is 42.9. The Morgan fingerprint density at radius 3 is 1.37 bits per heavy atom. The Morgan fingerprint density at radius 1 is 0.547 bits per heavy atom. The molecule has 1 aromatic rings. The average molecular weight is 1220 g/mol. The maximum atomic E-state index is 14.7. The molecule has 6 aliphatic heterocycles. The first-order chi connectivity index (χ1) is 41.1. The summed E-state index contributed by atoms with van der Waals surface area (Å²) in [5.41, 5.74) is 0.233. The van der Waals surface area contributed by atoms with Gasteiger partial charge < -0.3 is 123 Å². The summed E-state index contributed by atoms with van der Waals surface area (Å²) in [5.74, 6) is -9.90. The molecule has 86 heavy (non-hydrogen) atoms. The molecule has 0 spiro atoms. The van der Waals surface area contributed by atoms with Crippen molar-refractivity contribution < 1.29 is 142 Å². The molecule has 12 N–H and O–H groups in total. The number of nitrogens with zero attached hydrogens (tertiary/aromatic N) is 1. The highest BCUT2D eigenvalue weighted by molar-refractivity contribution is 5.92. The van der Waals surface area contributed by atoms with Crippen LogP contribution in [-0.4, -0.2) is 247 Å². The fourth-order valence-electron chi connectivity index (χ4n) is 12.5. The Bertz CT molecular complexity index is 2720. The summed E-state index contributed by atoms with van der Waals surface area (Å²) >= 11 is 0. The molecule has 28 atom stereocenters. The minimum absolute atomic E-state index is 0.0122.